The number of piperidine rings is 1. The molecular formula is C30H27FN2O3S. The Morgan fingerprint density at radius 1 is 0.892 bits per heavy atom. The highest BCUT2D eigenvalue weighted by Crippen LogP contribution is 2.46. The second-order valence-electron chi connectivity index (χ2n) is 9.85. The molecule has 0 spiro atoms. The lowest BCUT2D eigenvalue weighted by Gasteiger charge is -2.32. The smallest absolute Gasteiger partial charge is 0.200 e. The van der Waals surface area contributed by atoms with E-state index in [1.165, 1.54) is 10.1 Å². The first-order valence-electron chi connectivity index (χ1n) is 12.9. The molecule has 0 amide bonds. The molecule has 0 saturated carbocycles. The van der Waals surface area contributed by atoms with E-state index in [1.807, 2.05) is 18.2 Å². The van der Waals surface area contributed by atoms with Crippen LogP contribution in [0.1, 0.15) is 12.8 Å². The summed E-state index contributed by atoms with van der Waals surface area (Å²) in [5.41, 5.74) is 3.56. The van der Waals surface area contributed by atoms with Crippen LogP contribution in [0, 0.1) is 0 Å². The first kappa shape index (κ1) is 22.8. The number of ether oxygens (including phenoxy) is 1. The van der Waals surface area contributed by atoms with Gasteiger partial charge in [-0.3, -0.25) is 4.79 Å². The van der Waals surface area contributed by atoms with Crippen LogP contribution in [0.25, 0.3) is 42.3 Å². The molecule has 2 aromatic heterocycles. The SMILES string of the molecule is O=c1cc(N2CCOCC2)oc2c(-c3ccc(N4CCCC(F)C4)c4c3sc3ccccc34)cccc12. The number of alkyl halides is 1. The molecule has 188 valence electrons. The molecular weight excluding hydrogens is 487 g/mol. The lowest BCUT2D eigenvalue weighted by Crippen LogP contribution is -2.36. The number of benzene rings is 3. The number of anilines is 2. The van der Waals surface area contributed by atoms with E-state index >= 15 is 0 Å². The molecule has 1 unspecified atom stereocenters. The van der Waals surface area contributed by atoms with Gasteiger partial charge in [0.1, 0.15) is 11.8 Å². The quantitative estimate of drug-likeness (QED) is 0.271. The summed E-state index contributed by atoms with van der Waals surface area (Å²) in [5.74, 6) is 0.583. The van der Waals surface area contributed by atoms with Gasteiger partial charge >= 0.3 is 0 Å². The van der Waals surface area contributed by atoms with Crippen LogP contribution in [0.4, 0.5) is 16.0 Å². The van der Waals surface area contributed by atoms with Crippen molar-refractivity contribution < 1.29 is 13.5 Å². The maximum Gasteiger partial charge on any atom is 0.200 e. The number of rotatable bonds is 3. The standard InChI is InChI=1S/C30H27FN2O3S/c31-19-5-4-12-33(18-19)24-11-10-21(30-28(24)23-6-1-2-9-26(23)37-30)20-7-3-8-22-25(34)17-27(36-29(20)22)32-13-15-35-16-14-32/h1-3,6-11,17,19H,4-5,12-16,18H2. The fourth-order valence-electron chi connectivity index (χ4n) is 5.75. The number of hydrogen-bond acceptors (Lipinski definition) is 6. The Labute approximate surface area is 217 Å². The monoisotopic (exact) mass is 514 g/mol. The Balaban J connectivity index is 1.47. The van der Waals surface area contributed by atoms with E-state index in [0.29, 0.717) is 56.1 Å². The average Bonchev–Trinajstić information content (AvgIpc) is 3.33. The second kappa shape index (κ2) is 9.15. The molecule has 5 nitrogen and oxygen atoms in total. The van der Waals surface area contributed by atoms with Gasteiger partial charge in [0.2, 0.25) is 0 Å². The van der Waals surface area contributed by atoms with E-state index in [1.54, 1.807) is 17.4 Å². The Kier molecular flexibility index (Phi) is 5.63. The summed E-state index contributed by atoms with van der Waals surface area (Å²) in [6, 6.07) is 20.0. The van der Waals surface area contributed by atoms with Crippen molar-refractivity contribution in [2.24, 2.45) is 0 Å². The van der Waals surface area contributed by atoms with Crippen LogP contribution in [0.15, 0.2) is 69.9 Å². The maximum atomic E-state index is 14.4. The van der Waals surface area contributed by atoms with Crippen LogP contribution in [0.2, 0.25) is 0 Å². The topological polar surface area (TPSA) is 45.9 Å². The van der Waals surface area contributed by atoms with Crippen LogP contribution in [-0.4, -0.2) is 45.6 Å². The molecule has 5 aromatic rings. The second-order valence-corrected chi connectivity index (χ2v) is 10.9. The minimum atomic E-state index is -0.806. The summed E-state index contributed by atoms with van der Waals surface area (Å²) < 4.78 is 28.7. The summed E-state index contributed by atoms with van der Waals surface area (Å²) in [6.45, 7) is 3.89. The highest BCUT2D eigenvalue weighted by molar-refractivity contribution is 7.26. The van der Waals surface area contributed by atoms with Crippen molar-refractivity contribution in [3.05, 3.63) is 70.9 Å². The van der Waals surface area contributed by atoms with Crippen LogP contribution in [0.3, 0.4) is 0 Å². The van der Waals surface area contributed by atoms with Gasteiger partial charge in [0.05, 0.1) is 18.6 Å². The third kappa shape index (κ3) is 3.88. The van der Waals surface area contributed by atoms with Gasteiger partial charge in [-0.2, -0.15) is 0 Å². The third-order valence-electron chi connectivity index (χ3n) is 7.56. The first-order valence-corrected chi connectivity index (χ1v) is 13.7. The van der Waals surface area contributed by atoms with Crippen LogP contribution in [-0.2, 0) is 4.74 Å². The van der Waals surface area contributed by atoms with Gasteiger partial charge in [0.15, 0.2) is 11.3 Å². The highest BCUT2D eigenvalue weighted by atomic mass is 32.1. The van der Waals surface area contributed by atoms with E-state index in [4.69, 9.17) is 9.15 Å². The lowest BCUT2D eigenvalue weighted by atomic mass is 9.98. The lowest BCUT2D eigenvalue weighted by molar-refractivity contribution is 0.121. The number of halogens is 1. The molecule has 2 fully saturated rings. The molecule has 0 radical (unpaired) electrons. The molecule has 0 aliphatic carbocycles. The zero-order chi connectivity index (χ0) is 24.9. The van der Waals surface area contributed by atoms with E-state index in [2.05, 4.69) is 46.2 Å². The molecule has 7 rings (SSSR count). The minimum Gasteiger partial charge on any atom is -0.440 e. The number of morpholine rings is 1. The van der Waals surface area contributed by atoms with Crippen LogP contribution in [0.5, 0.6) is 0 Å². The molecule has 2 saturated heterocycles. The van der Waals surface area contributed by atoms with E-state index in [9.17, 15) is 9.18 Å². The third-order valence-corrected chi connectivity index (χ3v) is 8.77. The Morgan fingerprint density at radius 3 is 2.59 bits per heavy atom. The molecule has 0 N–H and O–H groups in total. The van der Waals surface area contributed by atoms with Gasteiger partial charge in [0.25, 0.3) is 0 Å². The Hall–Kier alpha value is -3.42. The molecule has 0 bridgehead atoms. The van der Waals surface area contributed by atoms with Gasteiger partial charge in [-0.1, -0.05) is 36.4 Å². The van der Waals surface area contributed by atoms with Crippen molar-refractivity contribution in [1.82, 2.24) is 0 Å². The number of para-hydroxylation sites is 1. The van der Waals surface area contributed by atoms with Gasteiger partial charge in [-0.25, -0.2) is 4.39 Å². The summed E-state index contributed by atoms with van der Waals surface area (Å²) in [4.78, 5) is 17.4. The number of fused-ring (bicyclic) bond motifs is 4. The van der Waals surface area contributed by atoms with E-state index in [-0.39, 0.29) is 5.43 Å². The molecule has 4 heterocycles. The van der Waals surface area contributed by atoms with Crippen molar-refractivity contribution >= 4 is 54.0 Å². The number of hydrogen-bond donors (Lipinski definition) is 0. The predicted octanol–water partition coefficient (Wildman–Crippen LogP) is 6.60. The van der Waals surface area contributed by atoms with Crippen molar-refractivity contribution in [1.29, 1.82) is 0 Å². The summed E-state index contributed by atoms with van der Waals surface area (Å²) in [5, 5.41) is 2.90. The fraction of sp³-hybridized carbons (Fsp3) is 0.300. The summed E-state index contributed by atoms with van der Waals surface area (Å²) >= 11 is 1.74. The van der Waals surface area contributed by atoms with E-state index < -0.39 is 6.17 Å². The number of nitrogens with zero attached hydrogens (tertiary/aromatic N) is 2. The minimum absolute atomic E-state index is 0.0453. The Morgan fingerprint density at radius 2 is 1.73 bits per heavy atom. The zero-order valence-corrected chi connectivity index (χ0v) is 21.2. The Bertz CT molecular complexity index is 1690. The van der Waals surface area contributed by atoms with Crippen LogP contribution >= 0.6 is 11.3 Å². The van der Waals surface area contributed by atoms with Gasteiger partial charge in [-0.15, -0.1) is 11.3 Å². The van der Waals surface area contributed by atoms with Crippen molar-refractivity contribution in [3.8, 4) is 11.1 Å². The predicted molar refractivity (Wildman–Crippen MR) is 150 cm³/mol. The molecule has 37 heavy (non-hydrogen) atoms. The molecule has 2 aliphatic rings. The van der Waals surface area contributed by atoms with Crippen molar-refractivity contribution in [2.75, 3.05) is 49.2 Å². The van der Waals surface area contributed by atoms with Gasteiger partial charge in [0, 0.05) is 69.2 Å². The highest BCUT2D eigenvalue weighted by Gasteiger charge is 2.25. The van der Waals surface area contributed by atoms with Crippen molar-refractivity contribution in [3.63, 3.8) is 0 Å². The first-order chi connectivity index (χ1) is 18.2. The number of thiophene rings is 1. The fourth-order valence-corrected chi connectivity index (χ4v) is 7.00. The molecule has 7 heteroatoms. The average molecular weight is 515 g/mol. The zero-order valence-electron chi connectivity index (χ0n) is 20.4. The normalized spacial score (nSPS) is 18.8. The molecule has 2 aliphatic heterocycles. The maximum absolute atomic E-state index is 14.4. The molecule has 3 aromatic carbocycles. The van der Waals surface area contributed by atoms with Crippen LogP contribution < -0.4 is 15.2 Å². The summed E-state index contributed by atoms with van der Waals surface area (Å²) in [7, 11) is 0. The van der Waals surface area contributed by atoms with Gasteiger partial charge < -0.3 is 19.0 Å². The van der Waals surface area contributed by atoms with Gasteiger partial charge in [-0.05, 0) is 31.0 Å². The largest absolute Gasteiger partial charge is 0.440 e. The summed E-state index contributed by atoms with van der Waals surface area (Å²) in [6.07, 6.45) is 0.674. The van der Waals surface area contributed by atoms with E-state index in [0.717, 1.165) is 39.9 Å². The molecule has 1 atom stereocenters. The van der Waals surface area contributed by atoms with Crippen molar-refractivity contribution in [2.45, 2.75) is 19.0 Å².